The number of nitrogens with two attached hydrogens (primary N) is 1. The Kier molecular flexibility index (Phi) is 4.53. The van der Waals surface area contributed by atoms with Crippen LogP contribution in [0.2, 0.25) is 0 Å². The molecular formula is C21H19N5O. The van der Waals surface area contributed by atoms with Gasteiger partial charge in [0.1, 0.15) is 0 Å². The molecule has 0 unspecified atom stereocenters. The second-order valence-corrected chi connectivity index (χ2v) is 6.25. The first-order valence-corrected chi connectivity index (χ1v) is 8.69. The molecule has 0 spiro atoms. The summed E-state index contributed by atoms with van der Waals surface area (Å²) in [6.07, 6.45) is 4.93. The zero-order valence-electron chi connectivity index (χ0n) is 14.6. The minimum Gasteiger partial charge on any atom is -0.382 e. The number of amides is 1. The number of hydrogen-bond acceptors (Lipinski definition) is 4. The average molecular weight is 357 g/mol. The van der Waals surface area contributed by atoms with E-state index in [9.17, 15) is 4.79 Å². The number of carbonyl (C=O) groups is 1. The predicted octanol–water partition coefficient (Wildman–Crippen LogP) is 3.10. The van der Waals surface area contributed by atoms with Crippen molar-refractivity contribution in [1.29, 1.82) is 0 Å². The average Bonchev–Trinajstić information content (AvgIpc) is 3.13. The van der Waals surface area contributed by atoms with Crippen LogP contribution in [0.3, 0.4) is 0 Å². The molecule has 4 aromatic rings. The molecule has 6 nitrogen and oxygen atoms in total. The van der Waals surface area contributed by atoms with Crippen molar-refractivity contribution >= 4 is 22.6 Å². The van der Waals surface area contributed by atoms with Gasteiger partial charge in [0, 0.05) is 42.0 Å². The summed E-state index contributed by atoms with van der Waals surface area (Å²) in [5.41, 5.74) is 9.23. The van der Waals surface area contributed by atoms with Crippen LogP contribution in [-0.2, 0) is 0 Å². The van der Waals surface area contributed by atoms with E-state index >= 15 is 0 Å². The number of aromatic nitrogens is 3. The summed E-state index contributed by atoms with van der Waals surface area (Å²) in [4.78, 5) is 23.8. The number of fused-ring (bicyclic) bond motifs is 1. The Hall–Kier alpha value is -3.67. The highest BCUT2D eigenvalue weighted by Crippen LogP contribution is 2.30. The first kappa shape index (κ1) is 16.8. The van der Waals surface area contributed by atoms with E-state index in [0.29, 0.717) is 6.54 Å². The Labute approximate surface area is 156 Å². The smallest absolute Gasteiger partial charge is 0.273 e. The molecule has 2 aromatic heterocycles. The minimum atomic E-state index is -0.332. The maximum atomic E-state index is 12.5. The minimum absolute atomic E-state index is 0.0100. The van der Waals surface area contributed by atoms with Crippen molar-refractivity contribution in [3.05, 3.63) is 90.0 Å². The summed E-state index contributed by atoms with van der Waals surface area (Å²) in [5.74, 6) is -0.219. The normalized spacial score (nSPS) is 12.0. The first-order chi connectivity index (χ1) is 13.2. The summed E-state index contributed by atoms with van der Waals surface area (Å²) in [5, 5.41) is 4.09. The zero-order chi connectivity index (χ0) is 18.6. The van der Waals surface area contributed by atoms with Gasteiger partial charge in [-0.3, -0.25) is 4.79 Å². The Balaban J connectivity index is 1.65. The van der Waals surface area contributed by atoms with Gasteiger partial charge in [-0.1, -0.05) is 48.5 Å². The van der Waals surface area contributed by atoms with Crippen molar-refractivity contribution in [1.82, 2.24) is 20.3 Å². The third-order valence-corrected chi connectivity index (χ3v) is 4.61. The van der Waals surface area contributed by atoms with E-state index in [1.807, 2.05) is 42.6 Å². The van der Waals surface area contributed by atoms with E-state index in [-0.39, 0.29) is 23.3 Å². The van der Waals surface area contributed by atoms with Gasteiger partial charge in [0.2, 0.25) is 0 Å². The molecule has 1 atom stereocenters. The standard InChI is InChI=1S/C21H19N5O/c22-20-19(23-10-11-24-20)21(27)26-12-16(14-6-2-1-3-7-14)17-13-25-18-9-5-4-8-15(17)18/h1-11,13,16,25H,12H2,(H2,22,24)(H,26,27)/t16-/m0/s1. The lowest BCUT2D eigenvalue weighted by Gasteiger charge is -2.18. The molecule has 27 heavy (non-hydrogen) atoms. The van der Waals surface area contributed by atoms with Crippen molar-refractivity contribution in [3.8, 4) is 0 Å². The maximum Gasteiger partial charge on any atom is 0.273 e. The van der Waals surface area contributed by atoms with Crippen LogP contribution in [0.5, 0.6) is 0 Å². The lowest BCUT2D eigenvalue weighted by atomic mass is 9.91. The molecule has 0 saturated heterocycles. The van der Waals surface area contributed by atoms with Gasteiger partial charge >= 0.3 is 0 Å². The number of rotatable bonds is 5. The molecule has 134 valence electrons. The molecular weight excluding hydrogens is 338 g/mol. The number of carbonyl (C=O) groups excluding carboxylic acids is 1. The maximum absolute atomic E-state index is 12.5. The van der Waals surface area contributed by atoms with Crippen LogP contribution >= 0.6 is 0 Å². The Morgan fingerprint density at radius 3 is 2.59 bits per heavy atom. The Morgan fingerprint density at radius 1 is 1.04 bits per heavy atom. The lowest BCUT2D eigenvalue weighted by Crippen LogP contribution is -2.30. The van der Waals surface area contributed by atoms with Crippen LogP contribution < -0.4 is 11.1 Å². The molecule has 2 heterocycles. The number of nitrogens with zero attached hydrogens (tertiary/aromatic N) is 2. The third kappa shape index (κ3) is 3.37. The largest absolute Gasteiger partial charge is 0.382 e. The third-order valence-electron chi connectivity index (χ3n) is 4.61. The second kappa shape index (κ2) is 7.29. The number of aromatic amines is 1. The van der Waals surface area contributed by atoms with Crippen LogP contribution in [0.15, 0.2) is 73.2 Å². The summed E-state index contributed by atoms with van der Waals surface area (Å²) in [6.45, 7) is 0.417. The zero-order valence-corrected chi connectivity index (χ0v) is 14.6. The van der Waals surface area contributed by atoms with Gasteiger partial charge in [-0.05, 0) is 17.2 Å². The van der Waals surface area contributed by atoms with E-state index in [1.165, 1.54) is 12.4 Å². The van der Waals surface area contributed by atoms with E-state index in [2.05, 4.69) is 38.5 Å². The van der Waals surface area contributed by atoms with E-state index < -0.39 is 0 Å². The van der Waals surface area contributed by atoms with Gasteiger partial charge in [-0.25, -0.2) is 9.97 Å². The number of hydrogen-bond donors (Lipinski definition) is 3. The van der Waals surface area contributed by atoms with Crippen molar-refractivity contribution in [3.63, 3.8) is 0 Å². The fourth-order valence-electron chi connectivity index (χ4n) is 3.28. The highest BCUT2D eigenvalue weighted by atomic mass is 16.1. The molecule has 4 rings (SSSR count). The molecule has 0 bridgehead atoms. The van der Waals surface area contributed by atoms with Crippen LogP contribution in [0, 0.1) is 0 Å². The molecule has 6 heteroatoms. The van der Waals surface area contributed by atoms with E-state index in [0.717, 1.165) is 22.0 Å². The first-order valence-electron chi connectivity index (χ1n) is 8.69. The molecule has 0 aliphatic heterocycles. The fraction of sp³-hybridized carbons (Fsp3) is 0.0952. The summed E-state index contributed by atoms with van der Waals surface area (Å²) in [6, 6.07) is 18.2. The van der Waals surface area contributed by atoms with Gasteiger partial charge in [-0.2, -0.15) is 0 Å². The number of H-pyrrole nitrogens is 1. The van der Waals surface area contributed by atoms with Crippen molar-refractivity contribution in [2.45, 2.75) is 5.92 Å². The number of benzene rings is 2. The highest BCUT2D eigenvalue weighted by Gasteiger charge is 2.20. The Bertz CT molecular complexity index is 1070. The number of nitrogens with one attached hydrogen (secondary N) is 2. The summed E-state index contributed by atoms with van der Waals surface area (Å²) < 4.78 is 0. The van der Waals surface area contributed by atoms with Crippen LogP contribution in [-0.4, -0.2) is 27.4 Å². The Morgan fingerprint density at radius 2 is 1.78 bits per heavy atom. The topological polar surface area (TPSA) is 96.7 Å². The molecule has 0 radical (unpaired) electrons. The van der Waals surface area contributed by atoms with Crippen molar-refractivity contribution in [2.24, 2.45) is 0 Å². The quantitative estimate of drug-likeness (QED) is 0.511. The van der Waals surface area contributed by atoms with Crippen LogP contribution in [0.25, 0.3) is 10.9 Å². The van der Waals surface area contributed by atoms with Crippen LogP contribution in [0.4, 0.5) is 5.82 Å². The fourth-order valence-corrected chi connectivity index (χ4v) is 3.28. The summed E-state index contributed by atoms with van der Waals surface area (Å²) in [7, 11) is 0. The molecule has 4 N–H and O–H groups in total. The van der Waals surface area contributed by atoms with Crippen molar-refractivity contribution < 1.29 is 4.79 Å². The molecule has 0 fully saturated rings. The lowest BCUT2D eigenvalue weighted by molar-refractivity contribution is 0.0948. The second-order valence-electron chi connectivity index (χ2n) is 6.25. The van der Waals surface area contributed by atoms with E-state index in [4.69, 9.17) is 5.73 Å². The summed E-state index contributed by atoms with van der Waals surface area (Å²) >= 11 is 0. The van der Waals surface area contributed by atoms with Gasteiger partial charge in [0.05, 0.1) is 0 Å². The monoisotopic (exact) mass is 357 g/mol. The molecule has 0 aliphatic rings. The number of para-hydroxylation sites is 1. The van der Waals surface area contributed by atoms with Gasteiger partial charge < -0.3 is 16.0 Å². The predicted molar refractivity (Wildman–Crippen MR) is 105 cm³/mol. The van der Waals surface area contributed by atoms with Gasteiger partial charge in [0.25, 0.3) is 5.91 Å². The molecule has 0 aliphatic carbocycles. The number of anilines is 1. The highest BCUT2D eigenvalue weighted by molar-refractivity contribution is 5.96. The van der Waals surface area contributed by atoms with Gasteiger partial charge in [-0.15, -0.1) is 0 Å². The molecule has 0 saturated carbocycles. The van der Waals surface area contributed by atoms with Crippen LogP contribution in [0.1, 0.15) is 27.5 Å². The number of nitrogen functional groups attached to an aromatic ring is 1. The van der Waals surface area contributed by atoms with Gasteiger partial charge in [0.15, 0.2) is 11.5 Å². The molecule has 2 aromatic carbocycles. The van der Waals surface area contributed by atoms with Crippen molar-refractivity contribution in [2.75, 3.05) is 12.3 Å². The SMILES string of the molecule is Nc1nccnc1C(=O)NC[C@@H](c1ccccc1)c1c[nH]c2ccccc12. The molecule has 1 amide bonds. The van der Waals surface area contributed by atoms with E-state index in [1.54, 1.807) is 0 Å².